The normalized spacial score (nSPS) is 12.5. The monoisotopic (exact) mass is 626 g/mol. The first-order chi connectivity index (χ1) is 24.3. The number of fused-ring (bicyclic) bond motifs is 6. The van der Waals surface area contributed by atoms with Gasteiger partial charge in [0.05, 0.1) is 16.4 Å². The van der Waals surface area contributed by atoms with Crippen molar-refractivity contribution in [3.8, 4) is 39.9 Å². The lowest BCUT2D eigenvalue weighted by Gasteiger charge is -2.12. The molecule has 0 amide bonds. The number of nitrogens with zero attached hydrogens (tertiary/aromatic N) is 4. The lowest BCUT2D eigenvalue weighted by molar-refractivity contribution is 0.669. The second-order valence-electron chi connectivity index (χ2n) is 12.7. The van der Waals surface area contributed by atoms with Crippen LogP contribution in [0.25, 0.3) is 116 Å². The summed E-state index contributed by atoms with van der Waals surface area (Å²) in [5, 5.41) is 8.81. The van der Waals surface area contributed by atoms with E-state index in [9.17, 15) is 0 Å². The van der Waals surface area contributed by atoms with Crippen molar-refractivity contribution in [2.45, 2.75) is 0 Å². The summed E-state index contributed by atoms with van der Waals surface area (Å²) in [6.45, 7) is 0. The van der Waals surface area contributed by atoms with Crippen molar-refractivity contribution in [3.63, 3.8) is 0 Å². The molecule has 0 bridgehead atoms. The van der Waals surface area contributed by atoms with Crippen LogP contribution in [0.4, 0.5) is 0 Å². The van der Waals surface area contributed by atoms with E-state index in [0.29, 0.717) is 17.6 Å². The molecule has 0 radical (unpaired) electrons. The first-order valence-electron chi connectivity index (χ1n) is 16.4. The summed E-state index contributed by atoms with van der Waals surface area (Å²) in [6.07, 6.45) is 0. The van der Waals surface area contributed by atoms with E-state index in [1.807, 2.05) is 60.7 Å². The first kappa shape index (κ1) is 25.3. The average Bonchev–Trinajstić information content (AvgIpc) is 3.82. The van der Waals surface area contributed by atoms with E-state index in [4.69, 9.17) is 23.8 Å². The van der Waals surface area contributed by atoms with E-state index >= 15 is 0 Å². The molecular weight excluding hydrogens is 604 g/mol. The second kappa shape index (κ2) is 8.97. The molecule has 11 aromatic rings. The summed E-state index contributed by atoms with van der Waals surface area (Å²) in [6, 6.07) is 45.7. The quantitative estimate of drug-likeness (QED) is 0.195. The third-order valence-corrected chi connectivity index (χ3v) is 10.2. The summed E-state index contributed by atoms with van der Waals surface area (Å²) in [5.41, 5.74) is 9.60. The third kappa shape index (κ3) is 3.18. The summed E-state index contributed by atoms with van der Waals surface area (Å²) in [5.74, 6) is 1.77. The molecule has 0 spiro atoms. The van der Waals surface area contributed by atoms with Gasteiger partial charge in [0.2, 0.25) is 5.95 Å². The predicted octanol–water partition coefficient (Wildman–Crippen LogP) is 11.2. The summed E-state index contributed by atoms with van der Waals surface area (Å²) in [7, 11) is 0. The molecule has 4 heterocycles. The molecule has 0 unspecified atom stereocenters. The Morgan fingerprint density at radius 2 is 1.02 bits per heavy atom. The van der Waals surface area contributed by atoms with Gasteiger partial charge in [-0.2, -0.15) is 9.97 Å². The average molecular weight is 627 g/mol. The fraction of sp³-hybridized carbons (Fsp3) is 0. The second-order valence-corrected chi connectivity index (χ2v) is 12.7. The summed E-state index contributed by atoms with van der Waals surface area (Å²) in [4.78, 5) is 15.4. The smallest absolute Gasteiger partial charge is 0.238 e. The van der Waals surface area contributed by atoms with Gasteiger partial charge in [-0.15, -0.1) is 0 Å². The van der Waals surface area contributed by atoms with Crippen LogP contribution in [0.3, 0.4) is 0 Å². The molecule has 0 saturated heterocycles. The van der Waals surface area contributed by atoms with Gasteiger partial charge in [0.1, 0.15) is 22.3 Å². The first-order valence-corrected chi connectivity index (χ1v) is 16.4. The zero-order valence-corrected chi connectivity index (χ0v) is 25.8. The Kier molecular flexibility index (Phi) is 4.63. The number of furan rings is 2. The molecule has 0 fully saturated rings. The standard InChI is InChI=1S/C43H22N4O2/c1-3-11-23(12-4-1)41-44-42(24-13-5-2-6-14-24)46-43(45-41)47-29-18-8-7-15-27(29)36-39(47)28-21-22-32-37-33-25(16-9-19-30(33)48-32)26-17-10-20-31-34(26)38(35(28)37)40(36)49-31/h1-22H. The zero-order chi connectivity index (χ0) is 31.8. The van der Waals surface area contributed by atoms with Gasteiger partial charge in [0, 0.05) is 48.8 Å². The lowest BCUT2D eigenvalue weighted by Crippen LogP contribution is -2.06. The van der Waals surface area contributed by atoms with Crippen molar-refractivity contribution in [2.75, 3.05) is 0 Å². The molecule has 226 valence electrons. The maximum atomic E-state index is 6.95. The van der Waals surface area contributed by atoms with Crippen molar-refractivity contribution in [2.24, 2.45) is 0 Å². The zero-order valence-electron chi connectivity index (χ0n) is 25.8. The molecule has 49 heavy (non-hydrogen) atoms. The van der Waals surface area contributed by atoms with Gasteiger partial charge in [-0.3, -0.25) is 4.57 Å². The maximum Gasteiger partial charge on any atom is 0.238 e. The fourth-order valence-electron chi connectivity index (χ4n) is 8.21. The number of rotatable bonds is 3. The van der Waals surface area contributed by atoms with Gasteiger partial charge in [0.15, 0.2) is 11.6 Å². The molecule has 4 aromatic heterocycles. The van der Waals surface area contributed by atoms with Gasteiger partial charge in [0.25, 0.3) is 0 Å². The molecule has 12 rings (SSSR count). The Morgan fingerprint density at radius 3 is 1.73 bits per heavy atom. The Labute approximate surface area is 277 Å². The molecule has 6 nitrogen and oxygen atoms in total. The van der Waals surface area contributed by atoms with Crippen molar-refractivity contribution >= 4 is 76.5 Å². The van der Waals surface area contributed by atoms with Crippen LogP contribution in [-0.4, -0.2) is 19.5 Å². The third-order valence-electron chi connectivity index (χ3n) is 10.2. The number of aromatic nitrogens is 4. The highest BCUT2D eigenvalue weighted by Crippen LogP contribution is 2.53. The van der Waals surface area contributed by atoms with Crippen LogP contribution in [-0.2, 0) is 0 Å². The van der Waals surface area contributed by atoms with E-state index in [2.05, 4.69) is 77.4 Å². The van der Waals surface area contributed by atoms with Crippen LogP contribution in [0.1, 0.15) is 0 Å². The Hall–Kier alpha value is -6.79. The summed E-state index contributed by atoms with van der Waals surface area (Å²) >= 11 is 0. The van der Waals surface area contributed by atoms with Gasteiger partial charge >= 0.3 is 0 Å². The maximum absolute atomic E-state index is 6.95. The van der Waals surface area contributed by atoms with Crippen molar-refractivity contribution < 1.29 is 8.83 Å². The minimum absolute atomic E-state index is 0.545. The van der Waals surface area contributed by atoms with Gasteiger partial charge in [-0.05, 0) is 41.5 Å². The number of para-hydroxylation sites is 1. The van der Waals surface area contributed by atoms with E-state index < -0.39 is 0 Å². The van der Waals surface area contributed by atoms with Crippen LogP contribution in [0.2, 0.25) is 0 Å². The number of hydrogen-bond acceptors (Lipinski definition) is 5. The SMILES string of the molecule is c1ccc(-c2nc(-c3ccccc3)nc(-n3c4ccccc4c4c5oc6cccc7c6c5c5c(ccc6oc8cccc-7c8c65)c43)n2)cc1. The molecule has 7 aromatic carbocycles. The molecule has 0 N–H and O–H groups in total. The van der Waals surface area contributed by atoms with Crippen LogP contribution in [0, 0.1) is 0 Å². The highest BCUT2D eigenvalue weighted by atomic mass is 16.3. The highest BCUT2D eigenvalue weighted by molar-refractivity contribution is 6.43. The predicted molar refractivity (Wildman–Crippen MR) is 196 cm³/mol. The molecular formula is C43H22N4O2. The van der Waals surface area contributed by atoms with E-state index in [1.165, 1.54) is 0 Å². The topological polar surface area (TPSA) is 69.9 Å². The molecule has 6 heteroatoms. The molecule has 0 saturated carbocycles. The molecule has 1 aliphatic rings. The molecule has 0 aliphatic heterocycles. The van der Waals surface area contributed by atoms with Crippen molar-refractivity contribution in [1.82, 2.24) is 19.5 Å². The van der Waals surface area contributed by atoms with Crippen molar-refractivity contribution in [1.29, 1.82) is 0 Å². The van der Waals surface area contributed by atoms with Gasteiger partial charge < -0.3 is 8.83 Å². The van der Waals surface area contributed by atoms with Gasteiger partial charge in [-0.1, -0.05) is 103 Å². The highest BCUT2D eigenvalue weighted by Gasteiger charge is 2.30. The number of benzene rings is 7. The van der Waals surface area contributed by atoms with Crippen LogP contribution in [0.15, 0.2) is 142 Å². The lowest BCUT2D eigenvalue weighted by atomic mass is 9.97. The number of hydrogen-bond donors (Lipinski definition) is 0. The Balaban J connectivity index is 1.34. The van der Waals surface area contributed by atoms with E-state index in [1.54, 1.807) is 0 Å². The largest absolute Gasteiger partial charge is 0.456 e. The van der Waals surface area contributed by atoms with Crippen LogP contribution >= 0.6 is 0 Å². The van der Waals surface area contributed by atoms with E-state index in [-0.39, 0.29) is 0 Å². The summed E-state index contributed by atoms with van der Waals surface area (Å²) < 4.78 is 15.7. The van der Waals surface area contributed by atoms with Crippen LogP contribution in [0.5, 0.6) is 0 Å². The minimum Gasteiger partial charge on any atom is -0.456 e. The van der Waals surface area contributed by atoms with Gasteiger partial charge in [-0.25, -0.2) is 4.98 Å². The van der Waals surface area contributed by atoms with Crippen LogP contribution < -0.4 is 0 Å². The minimum atomic E-state index is 0.545. The Morgan fingerprint density at radius 1 is 0.408 bits per heavy atom. The fourth-order valence-corrected chi connectivity index (χ4v) is 8.21. The van der Waals surface area contributed by atoms with Crippen molar-refractivity contribution in [3.05, 3.63) is 133 Å². The Bertz CT molecular complexity index is 3150. The van der Waals surface area contributed by atoms with E-state index in [0.717, 1.165) is 98.7 Å². The molecule has 0 atom stereocenters. The molecule has 1 aliphatic carbocycles.